The van der Waals surface area contributed by atoms with E-state index in [9.17, 15) is 14.0 Å². The molecule has 1 heterocycles. The maximum Gasteiger partial charge on any atom is 0.254 e. The molecule has 0 aromatic heterocycles. The summed E-state index contributed by atoms with van der Waals surface area (Å²) < 4.78 is 24.9. The lowest BCUT2D eigenvalue weighted by molar-refractivity contribution is -0.120. The van der Waals surface area contributed by atoms with Gasteiger partial charge in [0.25, 0.3) is 5.91 Å². The number of carbonyl (C=O) groups is 2. The van der Waals surface area contributed by atoms with Crippen LogP contribution in [0.25, 0.3) is 0 Å². The molecule has 1 N–H and O–H groups in total. The number of nitrogens with zero attached hydrogens (tertiary/aromatic N) is 1. The summed E-state index contributed by atoms with van der Waals surface area (Å²) in [5, 5.41) is 2.68. The Labute approximate surface area is 181 Å². The normalized spacial score (nSPS) is 22.5. The summed E-state index contributed by atoms with van der Waals surface area (Å²) in [6.07, 6.45) is 4.62. The van der Waals surface area contributed by atoms with Crippen LogP contribution in [0.5, 0.6) is 11.5 Å². The number of methoxy groups -OCH3 is 2. The maximum atomic E-state index is 14.6. The van der Waals surface area contributed by atoms with Crippen molar-refractivity contribution < 1.29 is 23.5 Å². The van der Waals surface area contributed by atoms with Gasteiger partial charge >= 0.3 is 0 Å². The Balaban J connectivity index is 1.62. The summed E-state index contributed by atoms with van der Waals surface area (Å²) in [5.74, 6) is -0.315. The van der Waals surface area contributed by atoms with Crippen LogP contribution < -0.4 is 14.8 Å². The molecule has 1 aliphatic carbocycles. The lowest BCUT2D eigenvalue weighted by Gasteiger charge is -2.33. The van der Waals surface area contributed by atoms with Crippen molar-refractivity contribution in [3.05, 3.63) is 53.8 Å². The molecule has 1 saturated heterocycles. The van der Waals surface area contributed by atoms with E-state index in [1.54, 1.807) is 17.0 Å². The van der Waals surface area contributed by atoms with Crippen molar-refractivity contribution in [1.29, 1.82) is 0 Å². The molecule has 0 spiro atoms. The van der Waals surface area contributed by atoms with Crippen molar-refractivity contribution in [1.82, 2.24) is 4.90 Å². The average Bonchev–Trinajstić information content (AvgIpc) is 3.20. The van der Waals surface area contributed by atoms with Crippen LogP contribution in [0.1, 0.15) is 42.5 Å². The molecule has 1 saturated carbocycles. The summed E-state index contributed by atoms with van der Waals surface area (Å²) in [6.45, 7) is 0. The van der Waals surface area contributed by atoms with Crippen molar-refractivity contribution >= 4 is 17.5 Å². The number of fused-ring (bicyclic) bond motifs is 1. The van der Waals surface area contributed by atoms with Crippen molar-refractivity contribution in [2.24, 2.45) is 5.92 Å². The second-order valence-corrected chi connectivity index (χ2v) is 8.12. The molecule has 164 valence electrons. The van der Waals surface area contributed by atoms with Gasteiger partial charge in [0.2, 0.25) is 5.91 Å². The molecule has 0 radical (unpaired) electrons. The van der Waals surface area contributed by atoms with E-state index in [0.29, 0.717) is 17.7 Å². The number of nitrogens with one attached hydrogen (secondary N) is 1. The standard InChI is InChI=1S/C24H27FN2O4/c1-30-21-13-17(25)18(14-22(21)31-2)26-23(28)20-12-16-10-6-7-11-19(16)27(20)24(29)15-8-4-3-5-9-15/h3-5,8-9,13-14,16,19-20H,6-7,10-12H2,1-2H3,(H,26,28). The first kappa shape index (κ1) is 21.2. The third-order valence-corrected chi connectivity index (χ3v) is 6.38. The number of rotatable bonds is 5. The smallest absolute Gasteiger partial charge is 0.254 e. The van der Waals surface area contributed by atoms with E-state index in [4.69, 9.17) is 9.47 Å². The number of ether oxygens (including phenoxy) is 2. The van der Waals surface area contributed by atoms with Gasteiger partial charge in [-0.1, -0.05) is 31.0 Å². The fraction of sp³-hybridized carbons (Fsp3) is 0.417. The van der Waals surface area contributed by atoms with E-state index in [1.165, 1.54) is 26.4 Å². The van der Waals surface area contributed by atoms with Gasteiger partial charge in [-0.05, 0) is 37.3 Å². The molecule has 4 rings (SSSR count). The Bertz CT molecular complexity index is 966. The van der Waals surface area contributed by atoms with Crippen LogP contribution in [0.2, 0.25) is 0 Å². The number of hydrogen-bond acceptors (Lipinski definition) is 4. The summed E-state index contributed by atoms with van der Waals surface area (Å²) in [4.78, 5) is 28.4. The van der Waals surface area contributed by atoms with Gasteiger partial charge in [-0.3, -0.25) is 9.59 Å². The SMILES string of the molecule is COc1cc(F)c(NC(=O)C2CC3CCCCC3N2C(=O)c2ccccc2)cc1OC. The average molecular weight is 426 g/mol. The number of amides is 2. The summed E-state index contributed by atoms with van der Waals surface area (Å²) >= 11 is 0. The molecule has 6 nitrogen and oxygen atoms in total. The van der Waals surface area contributed by atoms with Gasteiger partial charge < -0.3 is 19.7 Å². The van der Waals surface area contributed by atoms with Gasteiger partial charge in [-0.2, -0.15) is 0 Å². The molecule has 3 atom stereocenters. The molecule has 2 amide bonds. The van der Waals surface area contributed by atoms with Crippen LogP contribution in [-0.4, -0.2) is 43.0 Å². The Morgan fingerprint density at radius 1 is 1.03 bits per heavy atom. The molecule has 1 aliphatic heterocycles. The van der Waals surface area contributed by atoms with Crippen molar-refractivity contribution in [3.8, 4) is 11.5 Å². The number of carbonyl (C=O) groups excluding carboxylic acids is 2. The number of halogens is 1. The topological polar surface area (TPSA) is 67.9 Å². The monoisotopic (exact) mass is 426 g/mol. The van der Waals surface area contributed by atoms with Gasteiger partial charge in [0.05, 0.1) is 19.9 Å². The lowest BCUT2D eigenvalue weighted by atomic mass is 9.84. The van der Waals surface area contributed by atoms with E-state index in [1.807, 2.05) is 18.2 Å². The lowest BCUT2D eigenvalue weighted by Crippen LogP contribution is -2.47. The fourth-order valence-corrected chi connectivity index (χ4v) is 4.88. The highest BCUT2D eigenvalue weighted by Gasteiger charge is 2.47. The van der Waals surface area contributed by atoms with E-state index in [-0.39, 0.29) is 35.2 Å². The zero-order valence-corrected chi connectivity index (χ0v) is 17.8. The zero-order chi connectivity index (χ0) is 22.0. The summed E-state index contributed by atoms with van der Waals surface area (Å²) in [6, 6.07) is 11.0. The third-order valence-electron chi connectivity index (χ3n) is 6.38. The van der Waals surface area contributed by atoms with Crippen molar-refractivity contribution in [3.63, 3.8) is 0 Å². The molecule has 7 heteroatoms. The predicted octanol–water partition coefficient (Wildman–Crippen LogP) is 4.25. The van der Waals surface area contributed by atoms with Gasteiger partial charge in [0, 0.05) is 23.7 Å². The molecular weight excluding hydrogens is 399 g/mol. The minimum Gasteiger partial charge on any atom is -0.493 e. The Hall–Kier alpha value is -3.09. The van der Waals surface area contributed by atoms with Crippen molar-refractivity contribution in [2.45, 2.75) is 44.2 Å². The largest absolute Gasteiger partial charge is 0.493 e. The molecule has 3 unspecified atom stereocenters. The summed E-state index contributed by atoms with van der Waals surface area (Å²) in [5.41, 5.74) is 0.563. The molecule has 2 fully saturated rings. The van der Waals surface area contributed by atoms with Crippen LogP contribution in [-0.2, 0) is 4.79 Å². The third kappa shape index (κ3) is 4.09. The molecule has 2 aliphatic rings. The number of anilines is 1. The fourth-order valence-electron chi connectivity index (χ4n) is 4.88. The second-order valence-electron chi connectivity index (χ2n) is 8.12. The number of benzene rings is 2. The number of hydrogen-bond donors (Lipinski definition) is 1. The van der Waals surface area contributed by atoms with E-state index in [2.05, 4.69) is 5.32 Å². The summed E-state index contributed by atoms with van der Waals surface area (Å²) in [7, 11) is 2.87. The Morgan fingerprint density at radius 3 is 2.42 bits per heavy atom. The quantitative estimate of drug-likeness (QED) is 0.776. The molecule has 2 aromatic carbocycles. The highest BCUT2D eigenvalue weighted by molar-refractivity contribution is 6.02. The maximum absolute atomic E-state index is 14.6. The van der Waals surface area contributed by atoms with Crippen LogP contribution in [0.4, 0.5) is 10.1 Å². The molecular formula is C24H27FN2O4. The minimum atomic E-state index is -0.645. The van der Waals surface area contributed by atoms with E-state index < -0.39 is 11.9 Å². The highest BCUT2D eigenvalue weighted by atomic mass is 19.1. The Kier molecular flexibility index (Phi) is 6.11. The van der Waals surface area contributed by atoms with Crippen LogP contribution in [0.3, 0.4) is 0 Å². The van der Waals surface area contributed by atoms with Crippen LogP contribution in [0, 0.1) is 11.7 Å². The zero-order valence-electron chi connectivity index (χ0n) is 17.8. The predicted molar refractivity (Wildman–Crippen MR) is 115 cm³/mol. The first-order chi connectivity index (χ1) is 15.0. The van der Waals surface area contributed by atoms with Gasteiger partial charge in [-0.15, -0.1) is 0 Å². The van der Waals surface area contributed by atoms with Crippen LogP contribution >= 0.6 is 0 Å². The number of likely N-dealkylation sites (tertiary alicyclic amines) is 1. The second kappa shape index (κ2) is 8.96. The first-order valence-electron chi connectivity index (χ1n) is 10.6. The minimum absolute atomic E-state index is 0.00429. The van der Waals surface area contributed by atoms with E-state index in [0.717, 1.165) is 25.7 Å². The highest BCUT2D eigenvalue weighted by Crippen LogP contribution is 2.41. The van der Waals surface area contributed by atoms with Crippen molar-refractivity contribution in [2.75, 3.05) is 19.5 Å². The van der Waals surface area contributed by atoms with E-state index >= 15 is 0 Å². The van der Waals surface area contributed by atoms with Gasteiger partial charge in [0.15, 0.2) is 17.3 Å². The van der Waals surface area contributed by atoms with Crippen LogP contribution in [0.15, 0.2) is 42.5 Å². The molecule has 31 heavy (non-hydrogen) atoms. The molecule has 2 aromatic rings. The van der Waals surface area contributed by atoms with Gasteiger partial charge in [0.1, 0.15) is 6.04 Å². The first-order valence-corrected chi connectivity index (χ1v) is 10.6. The Morgan fingerprint density at radius 2 is 1.71 bits per heavy atom. The molecule has 0 bridgehead atoms. The van der Waals surface area contributed by atoms with Gasteiger partial charge in [-0.25, -0.2) is 4.39 Å².